The van der Waals surface area contributed by atoms with E-state index in [1.165, 1.54) is 23.1 Å². The lowest BCUT2D eigenvalue weighted by molar-refractivity contribution is 0.415. The van der Waals surface area contributed by atoms with Gasteiger partial charge in [0, 0.05) is 6.54 Å². The zero-order valence-electron chi connectivity index (χ0n) is 11.6. The average molecular weight is 255 g/mol. The molecule has 0 fully saturated rings. The van der Waals surface area contributed by atoms with Gasteiger partial charge in [0.2, 0.25) is 0 Å². The molecule has 1 N–H and O–H groups in total. The Morgan fingerprint density at radius 2 is 1.79 bits per heavy atom. The Balaban J connectivity index is 2.08. The molecule has 0 saturated heterocycles. The smallest absolute Gasteiger partial charge is 0.119 e. The molecule has 19 heavy (non-hydrogen) atoms. The average Bonchev–Trinajstić information content (AvgIpc) is 2.48. The van der Waals surface area contributed by atoms with Gasteiger partial charge in [0.25, 0.3) is 0 Å². The molecule has 0 radical (unpaired) electrons. The molecular formula is C17H21NO. The first-order valence-electron chi connectivity index (χ1n) is 6.77. The summed E-state index contributed by atoms with van der Waals surface area (Å²) in [6, 6.07) is 16.8. The molecule has 0 heterocycles. The quantitative estimate of drug-likeness (QED) is 0.791. The van der Waals surface area contributed by atoms with Gasteiger partial charge in [-0.2, -0.15) is 0 Å². The Kier molecular flexibility index (Phi) is 4.99. The number of methoxy groups -OCH3 is 1. The summed E-state index contributed by atoms with van der Waals surface area (Å²) in [7, 11) is 1.70. The van der Waals surface area contributed by atoms with Crippen LogP contribution in [-0.4, -0.2) is 13.7 Å². The molecule has 0 atom stereocenters. The van der Waals surface area contributed by atoms with Crippen LogP contribution in [0.25, 0.3) is 11.1 Å². The van der Waals surface area contributed by atoms with Crippen molar-refractivity contribution in [2.75, 3.05) is 13.7 Å². The van der Waals surface area contributed by atoms with Gasteiger partial charge >= 0.3 is 0 Å². The normalized spacial score (nSPS) is 10.4. The molecule has 0 aliphatic heterocycles. The third-order valence-electron chi connectivity index (χ3n) is 3.11. The molecule has 0 amide bonds. The highest BCUT2D eigenvalue weighted by atomic mass is 16.5. The van der Waals surface area contributed by atoms with Gasteiger partial charge in [-0.05, 0) is 41.8 Å². The largest absolute Gasteiger partial charge is 0.497 e. The highest BCUT2D eigenvalue weighted by Crippen LogP contribution is 2.23. The summed E-state index contributed by atoms with van der Waals surface area (Å²) in [5, 5.41) is 3.41. The fourth-order valence-corrected chi connectivity index (χ4v) is 2.03. The Morgan fingerprint density at radius 3 is 2.47 bits per heavy atom. The number of benzene rings is 2. The van der Waals surface area contributed by atoms with Crippen LogP contribution >= 0.6 is 0 Å². The summed E-state index contributed by atoms with van der Waals surface area (Å²) in [6.07, 6.45) is 1.17. The van der Waals surface area contributed by atoms with E-state index < -0.39 is 0 Å². The van der Waals surface area contributed by atoms with E-state index >= 15 is 0 Å². The van der Waals surface area contributed by atoms with Crippen LogP contribution in [0.4, 0.5) is 0 Å². The molecule has 0 bridgehead atoms. The van der Waals surface area contributed by atoms with Crippen LogP contribution in [0.3, 0.4) is 0 Å². The summed E-state index contributed by atoms with van der Waals surface area (Å²) in [6.45, 7) is 4.18. The lowest BCUT2D eigenvalue weighted by atomic mass is 10.0. The number of ether oxygens (including phenoxy) is 1. The Morgan fingerprint density at radius 1 is 1.00 bits per heavy atom. The summed E-state index contributed by atoms with van der Waals surface area (Å²) < 4.78 is 5.26. The van der Waals surface area contributed by atoms with Crippen molar-refractivity contribution in [1.29, 1.82) is 0 Å². The van der Waals surface area contributed by atoms with Crippen molar-refractivity contribution in [3.63, 3.8) is 0 Å². The van der Waals surface area contributed by atoms with Crippen LogP contribution in [0, 0.1) is 0 Å². The maximum Gasteiger partial charge on any atom is 0.119 e. The molecule has 0 aliphatic rings. The van der Waals surface area contributed by atoms with Crippen LogP contribution in [0.1, 0.15) is 18.9 Å². The van der Waals surface area contributed by atoms with Crippen molar-refractivity contribution < 1.29 is 4.74 Å². The van der Waals surface area contributed by atoms with Gasteiger partial charge in [0.05, 0.1) is 7.11 Å². The molecule has 2 aromatic carbocycles. The number of rotatable bonds is 6. The van der Waals surface area contributed by atoms with Crippen molar-refractivity contribution in [3.05, 3.63) is 54.1 Å². The van der Waals surface area contributed by atoms with E-state index in [1.54, 1.807) is 7.11 Å². The van der Waals surface area contributed by atoms with Crippen LogP contribution < -0.4 is 10.1 Å². The molecule has 2 rings (SSSR count). The number of hydrogen-bond acceptors (Lipinski definition) is 2. The zero-order valence-corrected chi connectivity index (χ0v) is 11.6. The van der Waals surface area contributed by atoms with Gasteiger partial charge in [-0.25, -0.2) is 0 Å². The fourth-order valence-electron chi connectivity index (χ4n) is 2.03. The van der Waals surface area contributed by atoms with Gasteiger partial charge in [0.15, 0.2) is 0 Å². The SMILES string of the molecule is CCCNCc1ccc(-c2cccc(OC)c2)cc1. The van der Waals surface area contributed by atoms with Crippen molar-refractivity contribution in [2.24, 2.45) is 0 Å². The summed E-state index contributed by atoms with van der Waals surface area (Å²) in [5.41, 5.74) is 3.73. The minimum atomic E-state index is 0.895. The lowest BCUT2D eigenvalue weighted by Gasteiger charge is -2.07. The van der Waals surface area contributed by atoms with E-state index in [0.29, 0.717) is 0 Å². The maximum absolute atomic E-state index is 5.26. The topological polar surface area (TPSA) is 21.3 Å². The predicted octanol–water partition coefficient (Wildman–Crippen LogP) is 3.86. The second-order valence-corrected chi connectivity index (χ2v) is 4.61. The Bertz CT molecular complexity index is 505. The third kappa shape index (κ3) is 3.83. The van der Waals surface area contributed by atoms with E-state index in [-0.39, 0.29) is 0 Å². The summed E-state index contributed by atoms with van der Waals surface area (Å²) >= 11 is 0. The Labute approximate surface area is 115 Å². The molecule has 0 aromatic heterocycles. The first-order valence-corrected chi connectivity index (χ1v) is 6.77. The molecular weight excluding hydrogens is 234 g/mol. The zero-order chi connectivity index (χ0) is 13.5. The van der Waals surface area contributed by atoms with E-state index in [2.05, 4.69) is 48.6 Å². The van der Waals surface area contributed by atoms with Crippen molar-refractivity contribution in [3.8, 4) is 16.9 Å². The molecule has 0 aliphatic carbocycles. The summed E-state index contributed by atoms with van der Waals surface area (Å²) in [4.78, 5) is 0. The Hall–Kier alpha value is -1.80. The molecule has 2 nitrogen and oxygen atoms in total. The highest BCUT2D eigenvalue weighted by Gasteiger charge is 2.00. The standard InChI is InChI=1S/C17H21NO/c1-3-11-18-13-14-7-9-15(10-8-14)16-5-4-6-17(12-16)19-2/h4-10,12,18H,3,11,13H2,1-2H3. The predicted molar refractivity (Wildman–Crippen MR) is 80.4 cm³/mol. The highest BCUT2D eigenvalue weighted by molar-refractivity contribution is 5.65. The molecule has 2 heteroatoms. The van der Waals surface area contributed by atoms with E-state index in [0.717, 1.165) is 18.8 Å². The van der Waals surface area contributed by atoms with E-state index in [4.69, 9.17) is 4.74 Å². The van der Waals surface area contributed by atoms with Crippen molar-refractivity contribution >= 4 is 0 Å². The van der Waals surface area contributed by atoms with Crippen LogP contribution in [0.5, 0.6) is 5.75 Å². The monoisotopic (exact) mass is 255 g/mol. The lowest BCUT2D eigenvalue weighted by Crippen LogP contribution is -2.13. The third-order valence-corrected chi connectivity index (χ3v) is 3.11. The minimum absolute atomic E-state index is 0.895. The van der Waals surface area contributed by atoms with E-state index in [1.807, 2.05) is 12.1 Å². The van der Waals surface area contributed by atoms with Gasteiger partial charge in [0.1, 0.15) is 5.75 Å². The molecule has 100 valence electrons. The number of hydrogen-bond donors (Lipinski definition) is 1. The first-order chi connectivity index (χ1) is 9.33. The van der Waals surface area contributed by atoms with Gasteiger partial charge in [-0.3, -0.25) is 0 Å². The van der Waals surface area contributed by atoms with Crippen LogP contribution in [0.2, 0.25) is 0 Å². The minimum Gasteiger partial charge on any atom is -0.497 e. The van der Waals surface area contributed by atoms with Crippen LogP contribution in [0.15, 0.2) is 48.5 Å². The van der Waals surface area contributed by atoms with E-state index in [9.17, 15) is 0 Å². The van der Waals surface area contributed by atoms with Gasteiger partial charge < -0.3 is 10.1 Å². The first kappa shape index (κ1) is 13.6. The molecule has 0 saturated carbocycles. The second kappa shape index (κ2) is 6.95. The molecule has 0 unspecified atom stereocenters. The van der Waals surface area contributed by atoms with Crippen LogP contribution in [-0.2, 0) is 6.54 Å². The molecule has 0 spiro atoms. The van der Waals surface area contributed by atoms with Gasteiger partial charge in [-0.1, -0.05) is 43.3 Å². The molecule has 2 aromatic rings. The van der Waals surface area contributed by atoms with Crippen molar-refractivity contribution in [2.45, 2.75) is 19.9 Å². The maximum atomic E-state index is 5.26. The number of nitrogens with one attached hydrogen (secondary N) is 1. The second-order valence-electron chi connectivity index (χ2n) is 4.61. The van der Waals surface area contributed by atoms with Crippen molar-refractivity contribution in [1.82, 2.24) is 5.32 Å². The fraction of sp³-hybridized carbons (Fsp3) is 0.294. The van der Waals surface area contributed by atoms with Gasteiger partial charge in [-0.15, -0.1) is 0 Å². The summed E-state index contributed by atoms with van der Waals surface area (Å²) in [5.74, 6) is 0.895.